The number of aliphatic imine (C=N–C) groups is 1. The number of nitrogens with two attached hydrogens (primary N) is 1. The van der Waals surface area contributed by atoms with Crippen molar-refractivity contribution in [2.75, 3.05) is 6.54 Å². The van der Waals surface area contributed by atoms with E-state index >= 15 is 0 Å². The van der Waals surface area contributed by atoms with E-state index in [0.717, 1.165) is 12.5 Å². The molecule has 0 aromatic carbocycles. The van der Waals surface area contributed by atoms with Crippen LogP contribution in [0.2, 0.25) is 0 Å². The lowest BCUT2D eigenvalue weighted by molar-refractivity contribution is 0.326. The van der Waals surface area contributed by atoms with Crippen LogP contribution in [0, 0.1) is 11.3 Å². The summed E-state index contributed by atoms with van der Waals surface area (Å²) in [5.74, 6) is 1.51. The normalized spacial score (nSPS) is 32.8. The van der Waals surface area contributed by atoms with Gasteiger partial charge in [-0.15, -0.1) is 0 Å². The third-order valence-corrected chi connectivity index (χ3v) is 4.86. The van der Waals surface area contributed by atoms with E-state index in [9.17, 15) is 0 Å². The molecule has 3 rings (SSSR count). The Balaban J connectivity index is 1.44. The standard InChI is InChI=1S/C13H23N3/c14-12(15-9-10-4-3-5-10)16-11-8-13(11)6-1-2-7-13/h10-11H,1-9H2,(H3,14,15,16). The highest BCUT2D eigenvalue weighted by Crippen LogP contribution is 2.57. The lowest BCUT2D eigenvalue weighted by Gasteiger charge is -2.23. The molecule has 0 aromatic rings. The van der Waals surface area contributed by atoms with E-state index in [-0.39, 0.29) is 0 Å². The van der Waals surface area contributed by atoms with Crippen LogP contribution >= 0.6 is 0 Å². The van der Waals surface area contributed by atoms with Gasteiger partial charge < -0.3 is 11.1 Å². The summed E-state index contributed by atoms with van der Waals surface area (Å²) in [7, 11) is 0. The molecule has 3 heteroatoms. The summed E-state index contributed by atoms with van der Waals surface area (Å²) in [6, 6.07) is 0.639. The molecule has 3 nitrogen and oxygen atoms in total. The van der Waals surface area contributed by atoms with E-state index in [1.165, 1.54) is 51.4 Å². The minimum absolute atomic E-state index is 0.622. The zero-order valence-corrected chi connectivity index (χ0v) is 10.0. The van der Waals surface area contributed by atoms with E-state index in [2.05, 4.69) is 10.3 Å². The van der Waals surface area contributed by atoms with Crippen molar-refractivity contribution < 1.29 is 0 Å². The maximum absolute atomic E-state index is 5.93. The minimum Gasteiger partial charge on any atom is -0.370 e. The van der Waals surface area contributed by atoms with Gasteiger partial charge in [0, 0.05) is 12.6 Å². The van der Waals surface area contributed by atoms with Gasteiger partial charge in [-0.05, 0) is 43.4 Å². The quantitative estimate of drug-likeness (QED) is 0.566. The molecule has 16 heavy (non-hydrogen) atoms. The molecule has 1 atom stereocenters. The van der Waals surface area contributed by atoms with Gasteiger partial charge >= 0.3 is 0 Å². The lowest BCUT2D eigenvalue weighted by Crippen LogP contribution is -2.36. The van der Waals surface area contributed by atoms with E-state index in [4.69, 9.17) is 5.73 Å². The first-order valence-electron chi connectivity index (χ1n) is 6.85. The van der Waals surface area contributed by atoms with Crippen molar-refractivity contribution in [2.45, 2.75) is 57.4 Å². The summed E-state index contributed by atoms with van der Waals surface area (Å²) < 4.78 is 0. The van der Waals surface area contributed by atoms with Crippen LogP contribution in [0.4, 0.5) is 0 Å². The summed E-state index contributed by atoms with van der Waals surface area (Å²) in [4.78, 5) is 4.46. The monoisotopic (exact) mass is 221 g/mol. The van der Waals surface area contributed by atoms with E-state index < -0.39 is 0 Å². The second-order valence-electron chi connectivity index (χ2n) is 5.99. The smallest absolute Gasteiger partial charge is 0.188 e. The van der Waals surface area contributed by atoms with Crippen LogP contribution in [0.3, 0.4) is 0 Å². The molecule has 0 saturated heterocycles. The topological polar surface area (TPSA) is 50.4 Å². The Morgan fingerprint density at radius 1 is 1.25 bits per heavy atom. The number of hydrogen-bond acceptors (Lipinski definition) is 1. The second kappa shape index (κ2) is 3.94. The number of guanidine groups is 1. The maximum atomic E-state index is 5.93. The van der Waals surface area contributed by atoms with Crippen molar-refractivity contribution in [3.05, 3.63) is 0 Å². The van der Waals surface area contributed by atoms with Crippen LogP contribution in [0.25, 0.3) is 0 Å². The highest BCUT2D eigenvalue weighted by atomic mass is 15.1. The third-order valence-electron chi connectivity index (χ3n) is 4.86. The highest BCUT2D eigenvalue weighted by molar-refractivity contribution is 5.78. The van der Waals surface area contributed by atoms with Crippen LogP contribution in [0.5, 0.6) is 0 Å². The van der Waals surface area contributed by atoms with Crippen molar-refractivity contribution >= 4 is 5.96 Å². The summed E-state index contributed by atoms with van der Waals surface area (Å²) >= 11 is 0. The molecular weight excluding hydrogens is 198 g/mol. The number of nitrogens with zero attached hydrogens (tertiary/aromatic N) is 1. The van der Waals surface area contributed by atoms with Crippen molar-refractivity contribution in [3.8, 4) is 0 Å². The number of nitrogens with one attached hydrogen (secondary N) is 1. The Bertz CT molecular complexity index is 288. The number of rotatable bonds is 3. The Kier molecular flexibility index (Phi) is 2.56. The lowest BCUT2D eigenvalue weighted by atomic mass is 9.86. The average Bonchev–Trinajstić information content (AvgIpc) is 2.64. The molecule has 0 heterocycles. The maximum Gasteiger partial charge on any atom is 0.188 e. The summed E-state index contributed by atoms with van der Waals surface area (Å²) in [6.45, 7) is 0.943. The predicted molar refractivity (Wildman–Crippen MR) is 66.3 cm³/mol. The van der Waals surface area contributed by atoms with Crippen molar-refractivity contribution in [1.82, 2.24) is 5.32 Å². The fraction of sp³-hybridized carbons (Fsp3) is 0.923. The molecule has 90 valence electrons. The van der Waals surface area contributed by atoms with Gasteiger partial charge in [0.2, 0.25) is 0 Å². The van der Waals surface area contributed by atoms with Gasteiger partial charge in [-0.3, -0.25) is 4.99 Å². The van der Waals surface area contributed by atoms with Gasteiger partial charge in [0.05, 0.1) is 0 Å². The SMILES string of the molecule is NC(=NCC1CCC1)NC1CC12CCCC2. The molecule has 0 bridgehead atoms. The molecule has 0 aliphatic heterocycles. The summed E-state index contributed by atoms with van der Waals surface area (Å²) in [5.41, 5.74) is 6.55. The zero-order valence-electron chi connectivity index (χ0n) is 10.0. The number of hydrogen-bond donors (Lipinski definition) is 2. The molecule has 3 saturated carbocycles. The molecule has 0 amide bonds. The van der Waals surface area contributed by atoms with Crippen molar-refractivity contribution in [2.24, 2.45) is 22.1 Å². The predicted octanol–water partition coefficient (Wildman–Crippen LogP) is 2.02. The second-order valence-corrected chi connectivity index (χ2v) is 5.99. The van der Waals surface area contributed by atoms with E-state index in [1.807, 2.05) is 0 Å². The average molecular weight is 221 g/mol. The Labute approximate surface area is 97.9 Å². The summed E-state index contributed by atoms with van der Waals surface area (Å²) in [5, 5.41) is 3.42. The fourth-order valence-corrected chi connectivity index (χ4v) is 3.31. The van der Waals surface area contributed by atoms with Gasteiger partial charge in [0.15, 0.2) is 5.96 Å². The van der Waals surface area contributed by atoms with Crippen LogP contribution < -0.4 is 11.1 Å². The molecule has 0 aromatic heterocycles. The van der Waals surface area contributed by atoms with Crippen LogP contribution in [-0.2, 0) is 0 Å². The molecule has 3 fully saturated rings. The molecule has 3 aliphatic carbocycles. The zero-order chi connectivity index (χ0) is 11.0. The first-order chi connectivity index (χ1) is 7.78. The molecule has 1 unspecified atom stereocenters. The van der Waals surface area contributed by atoms with Gasteiger partial charge in [-0.2, -0.15) is 0 Å². The highest BCUT2D eigenvalue weighted by Gasteiger charge is 2.55. The molecular formula is C13H23N3. The Hall–Kier alpha value is -0.730. The van der Waals surface area contributed by atoms with E-state index in [0.29, 0.717) is 17.4 Å². The van der Waals surface area contributed by atoms with Crippen molar-refractivity contribution in [3.63, 3.8) is 0 Å². The first kappa shape index (κ1) is 10.4. The molecule has 3 aliphatic rings. The van der Waals surface area contributed by atoms with E-state index in [1.54, 1.807) is 0 Å². The van der Waals surface area contributed by atoms with Gasteiger partial charge in [0.25, 0.3) is 0 Å². The van der Waals surface area contributed by atoms with Crippen LogP contribution in [0.1, 0.15) is 51.4 Å². The fourth-order valence-electron chi connectivity index (χ4n) is 3.31. The van der Waals surface area contributed by atoms with Gasteiger partial charge in [-0.25, -0.2) is 0 Å². The molecule has 3 N–H and O–H groups in total. The Morgan fingerprint density at radius 3 is 2.62 bits per heavy atom. The Morgan fingerprint density at radius 2 is 2.00 bits per heavy atom. The van der Waals surface area contributed by atoms with Gasteiger partial charge in [0.1, 0.15) is 0 Å². The van der Waals surface area contributed by atoms with Crippen LogP contribution in [-0.4, -0.2) is 18.5 Å². The molecule has 0 radical (unpaired) electrons. The third kappa shape index (κ3) is 1.92. The largest absolute Gasteiger partial charge is 0.370 e. The first-order valence-corrected chi connectivity index (χ1v) is 6.85. The summed E-state index contributed by atoms with van der Waals surface area (Å²) in [6.07, 6.45) is 11.1. The minimum atomic E-state index is 0.622. The van der Waals surface area contributed by atoms with Crippen molar-refractivity contribution in [1.29, 1.82) is 0 Å². The van der Waals surface area contributed by atoms with Crippen LogP contribution in [0.15, 0.2) is 4.99 Å². The molecule has 1 spiro atoms. The van der Waals surface area contributed by atoms with Gasteiger partial charge in [-0.1, -0.05) is 19.3 Å².